The highest BCUT2D eigenvalue weighted by Crippen LogP contribution is 2.49. The summed E-state index contributed by atoms with van der Waals surface area (Å²) in [4.78, 5) is 14.9. The summed E-state index contributed by atoms with van der Waals surface area (Å²) < 4.78 is 63.1. The minimum Gasteiger partial charge on any atom is -0.508 e. The normalized spacial score (nSPS) is 25.4. The summed E-state index contributed by atoms with van der Waals surface area (Å²) in [6, 6.07) is 20.8. The van der Waals surface area contributed by atoms with Crippen LogP contribution in [-0.4, -0.2) is 87.8 Å². The Morgan fingerprint density at radius 2 is 1.40 bits per heavy atom. The first kappa shape index (κ1) is 37.3. The third kappa shape index (κ3) is 7.80. The van der Waals surface area contributed by atoms with Crippen molar-refractivity contribution in [3.05, 3.63) is 114 Å². The first-order valence-corrected chi connectivity index (χ1v) is 18.0. The number of rotatable bonds is 12. The maximum atomic E-state index is 13.7. The zero-order chi connectivity index (χ0) is 37.3. The van der Waals surface area contributed by atoms with Crippen LogP contribution in [0.1, 0.15) is 36.1 Å². The molecule has 2 heterocycles. The van der Waals surface area contributed by atoms with Crippen LogP contribution in [0.3, 0.4) is 0 Å². The maximum Gasteiger partial charge on any atom is 0.311 e. The minimum absolute atomic E-state index is 0.0808. The monoisotopic (exact) mass is 741 g/mol. The van der Waals surface area contributed by atoms with Gasteiger partial charge < -0.3 is 44.5 Å². The molecule has 6 N–H and O–H groups in total. The molecular formula is C37H37F2NO11S. The number of halogens is 2. The molecule has 6 rings (SSSR count). The van der Waals surface area contributed by atoms with Crippen LogP contribution in [0, 0.1) is 17.6 Å². The van der Waals surface area contributed by atoms with Crippen LogP contribution in [0.2, 0.25) is 0 Å². The summed E-state index contributed by atoms with van der Waals surface area (Å²) in [6.07, 6.45) is -8.43. The second kappa shape index (κ2) is 15.2. The van der Waals surface area contributed by atoms with Gasteiger partial charge in [-0.3, -0.25) is 4.79 Å². The van der Waals surface area contributed by atoms with Crippen molar-refractivity contribution in [3.63, 3.8) is 0 Å². The number of carbonyl (C=O) groups excluding carboxylic acids is 1. The Bertz CT molecular complexity index is 1980. The van der Waals surface area contributed by atoms with Crippen LogP contribution in [0.4, 0.5) is 14.5 Å². The van der Waals surface area contributed by atoms with E-state index in [9.17, 15) is 52.6 Å². The molecular weight excluding hydrogens is 704 g/mol. The van der Waals surface area contributed by atoms with E-state index in [-0.39, 0.29) is 30.2 Å². The summed E-state index contributed by atoms with van der Waals surface area (Å²) >= 11 is 0. The first-order valence-electron chi connectivity index (χ1n) is 16.4. The molecule has 0 aromatic heterocycles. The number of carbonyl (C=O) groups is 1. The summed E-state index contributed by atoms with van der Waals surface area (Å²) in [5.41, 5.74) is 2.44. The van der Waals surface area contributed by atoms with E-state index in [1.54, 1.807) is 24.3 Å². The van der Waals surface area contributed by atoms with E-state index in [0.29, 0.717) is 27.9 Å². The number of nitrogens with zero attached hydrogens (tertiary/aromatic N) is 1. The van der Waals surface area contributed by atoms with Crippen molar-refractivity contribution >= 4 is 21.7 Å². The Hall–Kier alpha value is -4.48. The Kier molecular flexibility index (Phi) is 10.9. The van der Waals surface area contributed by atoms with Crippen molar-refractivity contribution in [2.24, 2.45) is 5.92 Å². The van der Waals surface area contributed by atoms with Gasteiger partial charge in [-0.25, -0.2) is 8.78 Å². The van der Waals surface area contributed by atoms with E-state index < -0.39 is 82.7 Å². The van der Waals surface area contributed by atoms with E-state index in [0.717, 1.165) is 0 Å². The number of hydrogen-bond donors (Lipinski definition) is 6. The van der Waals surface area contributed by atoms with E-state index >= 15 is 0 Å². The quantitative estimate of drug-likeness (QED) is 0.0923. The molecule has 0 bridgehead atoms. The van der Waals surface area contributed by atoms with Gasteiger partial charge in [-0.15, -0.1) is 0 Å². The molecule has 2 aliphatic rings. The lowest BCUT2D eigenvalue weighted by atomic mass is 9.77. The average molecular weight is 742 g/mol. The first-order chi connectivity index (χ1) is 24.8. The van der Waals surface area contributed by atoms with E-state index in [2.05, 4.69) is 0 Å². The topological polar surface area (TPSA) is 194 Å². The largest absolute Gasteiger partial charge is 0.508 e. The van der Waals surface area contributed by atoms with Gasteiger partial charge in [0.1, 0.15) is 59.4 Å². The van der Waals surface area contributed by atoms with Crippen LogP contribution in [0.15, 0.2) is 91.0 Å². The molecule has 2 fully saturated rings. The van der Waals surface area contributed by atoms with Gasteiger partial charge in [0.15, 0.2) is 0 Å². The molecule has 52 heavy (non-hydrogen) atoms. The minimum atomic E-state index is -4.39. The zero-order valence-electron chi connectivity index (χ0n) is 27.4. The maximum absolute atomic E-state index is 13.7. The van der Waals surface area contributed by atoms with Crippen molar-refractivity contribution in [1.29, 1.82) is 0 Å². The third-order valence-electron chi connectivity index (χ3n) is 9.44. The van der Waals surface area contributed by atoms with Crippen LogP contribution in [0.25, 0.3) is 11.1 Å². The molecule has 4 aromatic rings. The van der Waals surface area contributed by atoms with Gasteiger partial charge in [0.05, 0.1) is 24.7 Å². The van der Waals surface area contributed by atoms with E-state index in [1.807, 2.05) is 0 Å². The molecule has 4 aromatic carbocycles. The summed E-state index contributed by atoms with van der Waals surface area (Å²) in [6.45, 7) is -0.713. The number of phenols is 1. The second-order valence-electron chi connectivity index (χ2n) is 12.9. The Morgan fingerprint density at radius 3 is 2.02 bits per heavy atom. The fourth-order valence-corrected chi connectivity index (χ4v) is 7.79. The molecule has 12 nitrogen and oxygen atoms in total. The SMILES string of the molecule is O=C1[C@H](CC[C@H](O)c2ccc(F)cc2)[C@@H](c2ccc(-c3ccc(OS(=O)(=O)CC4O[C@H](CO)[C@@H](O)[C@H](O)[C@H]4O)cc3)cc2O)N1c1ccc(F)cc1. The second-order valence-corrected chi connectivity index (χ2v) is 14.5. The van der Waals surface area contributed by atoms with E-state index in [4.69, 9.17) is 8.92 Å². The molecule has 0 spiro atoms. The molecule has 2 aliphatic heterocycles. The van der Waals surface area contributed by atoms with Gasteiger partial charge >= 0.3 is 10.1 Å². The summed E-state index contributed by atoms with van der Waals surface area (Å²) in [5.74, 6) is -2.95. The van der Waals surface area contributed by atoms with Crippen LogP contribution < -0.4 is 9.08 Å². The fourth-order valence-electron chi connectivity index (χ4n) is 6.64. The lowest BCUT2D eigenvalue weighted by Crippen LogP contribution is -2.60. The van der Waals surface area contributed by atoms with Gasteiger partial charge in [0, 0.05) is 11.3 Å². The Labute approximate surface area is 297 Å². The van der Waals surface area contributed by atoms with Crippen molar-refractivity contribution in [2.75, 3.05) is 17.3 Å². The number of aliphatic hydroxyl groups excluding tert-OH is 5. The number of amides is 1. The molecule has 2 saturated heterocycles. The van der Waals surface area contributed by atoms with Gasteiger partial charge in [-0.2, -0.15) is 8.42 Å². The average Bonchev–Trinajstić information content (AvgIpc) is 3.12. The fraction of sp³-hybridized carbons (Fsp3) is 0.324. The molecule has 1 amide bonds. The predicted octanol–water partition coefficient (Wildman–Crippen LogP) is 3.11. The smallest absolute Gasteiger partial charge is 0.311 e. The summed E-state index contributed by atoms with van der Waals surface area (Å²) in [5, 5.41) is 61.5. The molecule has 0 saturated carbocycles. The number of anilines is 1. The number of aliphatic hydroxyl groups is 5. The number of hydrogen-bond acceptors (Lipinski definition) is 11. The lowest BCUT2D eigenvalue weighted by Gasteiger charge is -2.48. The highest BCUT2D eigenvalue weighted by Gasteiger charge is 2.49. The molecule has 1 unspecified atom stereocenters. The van der Waals surface area contributed by atoms with Crippen molar-refractivity contribution in [3.8, 4) is 22.6 Å². The van der Waals surface area contributed by atoms with Crippen molar-refractivity contribution < 1.29 is 61.6 Å². The number of ether oxygens (including phenoxy) is 1. The molecule has 276 valence electrons. The lowest BCUT2D eigenvalue weighted by molar-refractivity contribution is -0.223. The van der Waals surface area contributed by atoms with Crippen LogP contribution >= 0.6 is 0 Å². The van der Waals surface area contributed by atoms with Gasteiger partial charge in [-0.1, -0.05) is 36.4 Å². The van der Waals surface area contributed by atoms with Crippen LogP contribution in [0.5, 0.6) is 11.5 Å². The van der Waals surface area contributed by atoms with Gasteiger partial charge in [-0.05, 0) is 84.1 Å². The Balaban J connectivity index is 1.17. The van der Waals surface area contributed by atoms with Gasteiger partial charge in [0.2, 0.25) is 5.91 Å². The van der Waals surface area contributed by atoms with Gasteiger partial charge in [0.25, 0.3) is 0 Å². The predicted molar refractivity (Wildman–Crippen MR) is 182 cm³/mol. The highest BCUT2D eigenvalue weighted by atomic mass is 32.2. The number of aromatic hydroxyl groups is 1. The van der Waals surface area contributed by atoms with Crippen molar-refractivity contribution in [2.45, 2.75) is 55.5 Å². The van der Waals surface area contributed by atoms with E-state index in [1.165, 1.54) is 71.6 Å². The molecule has 0 aliphatic carbocycles. The molecule has 15 heteroatoms. The Morgan fingerprint density at radius 1 is 0.808 bits per heavy atom. The molecule has 8 atom stereocenters. The number of phenolic OH excluding ortho intramolecular Hbond substituents is 1. The molecule has 0 radical (unpaired) electrons. The summed E-state index contributed by atoms with van der Waals surface area (Å²) in [7, 11) is -4.39. The zero-order valence-corrected chi connectivity index (χ0v) is 28.3. The standard InChI is InChI=1S/C37H37F2NO11S/c38-23-6-1-21(2-7-23)29(42)16-15-28-33(40(37(28)47)25-10-8-24(39)9-11-25)27-14-5-22(17-30(27)43)20-3-12-26(13-4-20)51-52(48,49)19-32-35(45)36(46)34(44)31(18-41)50-32/h1-14,17,28-29,31-36,41-46H,15-16,18-19H2/t28-,29+,31-,32?,33-,34-,35+,36+/m1/s1. The number of benzene rings is 4. The highest BCUT2D eigenvalue weighted by molar-refractivity contribution is 7.87. The third-order valence-corrected chi connectivity index (χ3v) is 10.6. The van der Waals surface area contributed by atoms with Crippen LogP contribution in [-0.2, 0) is 19.6 Å². The van der Waals surface area contributed by atoms with Crippen molar-refractivity contribution in [1.82, 2.24) is 0 Å². The number of β-lactam (4-membered cyclic amide) rings is 1.